The van der Waals surface area contributed by atoms with Crippen LogP contribution in [0.3, 0.4) is 0 Å². The number of para-hydroxylation sites is 2. The second-order valence-electron chi connectivity index (χ2n) is 8.03. The van der Waals surface area contributed by atoms with Gasteiger partial charge in [0.25, 0.3) is 11.5 Å². The fourth-order valence-electron chi connectivity index (χ4n) is 4.40. The third kappa shape index (κ3) is 3.59. The minimum atomic E-state index is -0.163. The predicted molar refractivity (Wildman–Crippen MR) is 122 cm³/mol. The van der Waals surface area contributed by atoms with Crippen LogP contribution in [0.15, 0.2) is 71.7 Å². The highest BCUT2D eigenvalue weighted by Gasteiger charge is 2.24. The van der Waals surface area contributed by atoms with Crippen LogP contribution < -0.4 is 5.56 Å². The van der Waals surface area contributed by atoms with Gasteiger partial charge in [0.05, 0.1) is 16.6 Å². The first kappa shape index (κ1) is 19.5. The lowest BCUT2D eigenvalue weighted by Crippen LogP contribution is -2.48. The van der Waals surface area contributed by atoms with Gasteiger partial charge in [0, 0.05) is 62.8 Å². The van der Waals surface area contributed by atoms with E-state index in [-0.39, 0.29) is 11.5 Å². The van der Waals surface area contributed by atoms with Crippen LogP contribution in [0.4, 0.5) is 0 Å². The van der Waals surface area contributed by atoms with Crippen molar-refractivity contribution in [2.24, 2.45) is 7.05 Å². The quantitative estimate of drug-likeness (QED) is 0.519. The van der Waals surface area contributed by atoms with Gasteiger partial charge in [-0.3, -0.25) is 19.5 Å². The number of benzene rings is 2. The molecular formula is C25H24N4O2. The van der Waals surface area contributed by atoms with E-state index in [0.717, 1.165) is 41.4 Å². The summed E-state index contributed by atoms with van der Waals surface area (Å²) in [4.78, 5) is 34.4. The highest BCUT2D eigenvalue weighted by molar-refractivity contribution is 6.06. The number of hydrogen-bond donors (Lipinski definition) is 0. The van der Waals surface area contributed by atoms with Crippen LogP contribution in [0.2, 0.25) is 0 Å². The monoisotopic (exact) mass is 412 g/mol. The molecule has 0 saturated carbocycles. The summed E-state index contributed by atoms with van der Waals surface area (Å²) in [6, 6.07) is 19.4. The van der Waals surface area contributed by atoms with Gasteiger partial charge in [-0.1, -0.05) is 42.5 Å². The van der Waals surface area contributed by atoms with Crippen molar-refractivity contribution < 1.29 is 4.79 Å². The van der Waals surface area contributed by atoms with Gasteiger partial charge < -0.3 is 9.47 Å². The number of aromatic nitrogens is 2. The first-order valence-electron chi connectivity index (χ1n) is 10.5. The zero-order chi connectivity index (χ0) is 21.4. The molecule has 0 atom stereocenters. The van der Waals surface area contributed by atoms with Crippen LogP contribution >= 0.6 is 0 Å². The van der Waals surface area contributed by atoms with Gasteiger partial charge in [0.2, 0.25) is 0 Å². The predicted octanol–water partition coefficient (Wildman–Crippen LogP) is 3.04. The zero-order valence-electron chi connectivity index (χ0n) is 17.5. The van der Waals surface area contributed by atoms with E-state index in [1.54, 1.807) is 11.6 Å². The Labute approximate surface area is 180 Å². The first-order valence-corrected chi connectivity index (χ1v) is 10.5. The summed E-state index contributed by atoms with van der Waals surface area (Å²) in [7, 11) is 1.74. The van der Waals surface area contributed by atoms with Crippen molar-refractivity contribution in [2.75, 3.05) is 26.2 Å². The Balaban J connectivity index is 1.33. The number of amides is 1. The fraction of sp³-hybridized carbons (Fsp3) is 0.240. The maximum atomic E-state index is 13.3. The molecule has 1 aliphatic heterocycles. The summed E-state index contributed by atoms with van der Waals surface area (Å²) in [6.45, 7) is 3.67. The molecule has 0 unspecified atom stereocenters. The molecule has 4 aromatic rings. The van der Waals surface area contributed by atoms with Crippen LogP contribution in [0.5, 0.6) is 0 Å². The number of nitrogens with zero attached hydrogens (tertiary/aromatic N) is 4. The van der Waals surface area contributed by atoms with Crippen molar-refractivity contribution in [1.82, 2.24) is 19.4 Å². The summed E-state index contributed by atoms with van der Waals surface area (Å²) < 4.78 is 1.59. The maximum absolute atomic E-state index is 13.3. The van der Waals surface area contributed by atoms with Gasteiger partial charge in [-0.05, 0) is 17.7 Å². The van der Waals surface area contributed by atoms with Crippen molar-refractivity contribution in [3.8, 4) is 0 Å². The Hall–Kier alpha value is -3.51. The molecule has 6 nitrogen and oxygen atoms in total. The van der Waals surface area contributed by atoms with E-state index in [1.165, 1.54) is 11.6 Å². The smallest absolute Gasteiger partial charge is 0.254 e. The molecule has 0 bridgehead atoms. The molecule has 1 aliphatic rings. The van der Waals surface area contributed by atoms with E-state index in [2.05, 4.69) is 34.1 Å². The van der Waals surface area contributed by atoms with Crippen molar-refractivity contribution in [2.45, 2.75) is 6.54 Å². The number of carbonyl (C=O) groups excluding carboxylic acids is 1. The third-order valence-corrected chi connectivity index (χ3v) is 6.15. The minimum absolute atomic E-state index is 0.0691. The summed E-state index contributed by atoms with van der Waals surface area (Å²) in [6.07, 6.45) is 1.83. The number of aryl methyl sites for hydroxylation is 1. The molecule has 2 aromatic heterocycles. The summed E-state index contributed by atoms with van der Waals surface area (Å²) in [5, 5.41) is 1.96. The van der Waals surface area contributed by atoms with E-state index >= 15 is 0 Å². The largest absolute Gasteiger partial charge is 0.336 e. The molecule has 0 N–H and O–H groups in total. The summed E-state index contributed by atoms with van der Waals surface area (Å²) in [5.74, 6) is -0.0691. The highest BCUT2D eigenvalue weighted by atomic mass is 16.2. The van der Waals surface area contributed by atoms with Crippen LogP contribution in [-0.2, 0) is 13.6 Å². The van der Waals surface area contributed by atoms with Gasteiger partial charge in [0.15, 0.2) is 0 Å². The Bertz CT molecular complexity index is 1330. The van der Waals surface area contributed by atoms with Crippen LogP contribution in [0.25, 0.3) is 21.8 Å². The lowest BCUT2D eigenvalue weighted by Gasteiger charge is -2.35. The van der Waals surface area contributed by atoms with Gasteiger partial charge in [-0.15, -0.1) is 0 Å². The van der Waals surface area contributed by atoms with Gasteiger partial charge in [-0.2, -0.15) is 0 Å². The molecule has 31 heavy (non-hydrogen) atoms. The number of fused-ring (bicyclic) bond motifs is 2. The van der Waals surface area contributed by atoms with E-state index in [1.807, 2.05) is 41.4 Å². The van der Waals surface area contributed by atoms with Crippen LogP contribution in [0, 0.1) is 0 Å². The highest BCUT2D eigenvalue weighted by Crippen LogP contribution is 2.21. The third-order valence-electron chi connectivity index (χ3n) is 6.15. The summed E-state index contributed by atoms with van der Waals surface area (Å²) >= 11 is 0. The Morgan fingerprint density at radius 2 is 1.74 bits per heavy atom. The molecule has 1 amide bonds. The normalized spacial score (nSPS) is 14.9. The van der Waals surface area contributed by atoms with Gasteiger partial charge >= 0.3 is 0 Å². The maximum Gasteiger partial charge on any atom is 0.254 e. The Morgan fingerprint density at radius 1 is 0.968 bits per heavy atom. The lowest BCUT2D eigenvalue weighted by molar-refractivity contribution is 0.0630. The second kappa shape index (κ2) is 7.96. The average molecular weight is 412 g/mol. The lowest BCUT2D eigenvalue weighted by atomic mass is 10.1. The average Bonchev–Trinajstić information content (AvgIpc) is 2.82. The molecular weight excluding hydrogens is 388 g/mol. The molecule has 6 heteroatoms. The molecule has 3 heterocycles. The van der Waals surface area contributed by atoms with Gasteiger partial charge in [0.1, 0.15) is 0 Å². The van der Waals surface area contributed by atoms with Gasteiger partial charge in [-0.25, -0.2) is 0 Å². The number of pyridine rings is 2. The topological polar surface area (TPSA) is 58.4 Å². The second-order valence-corrected chi connectivity index (χ2v) is 8.03. The molecule has 2 aromatic carbocycles. The number of carbonyl (C=O) groups is 1. The van der Waals surface area contributed by atoms with Crippen LogP contribution in [-0.4, -0.2) is 51.4 Å². The number of piperazine rings is 1. The Morgan fingerprint density at radius 3 is 2.58 bits per heavy atom. The minimum Gasteiger partial charge on any atom is -0.336 e. The summed E-state index contributed by atoms with van der Waals surface area (Å²) in [5.41, 5.74) is 3.35. The van der Waals surface area contributed by atoms with Crippen LogP contribution in [0.1, 0.15) is 15.9 Å². The molecule has 5 rings (SSSR count). The number of rotatable bonds is 3. The molecule has 0 radical (unpaired) electrons. The van der Waals surface area contributed by atoms with E-state index in [4.69, 9.17) is 0 Å². The van der Waals surface area contributed by atoms with E-state index in [9.17, 15) is 9.59 Å². The molecule has 1 fully saturated rings. The van der Waals surface area contributed by atoms with Crippen molar-refractivity contribution in [3.63, 3.8) is 0 Å². The fourth-order valence-corrected chi connectivity index (χ4v) is 4.40. The number of hydrogen-bond acceptors (Lipinski definition) is 4. The molecule has 0 aliphatic carbocycles. The molecule has 0 spiro atoms. The first-order chi connectivity index (χ1) is 15.1. The van der Waals surface area contributed by atoms with Crippen molar-refractivity contribution in [1.29, 1.82) is 0 Å². The van der Waals surface area contributed by atoms with E-state index < -0.39 is 0 Å². The van der Waals surface area contributed by atoms with E-state index in [0.29, 0.717) is 18.7 Å². The zero-order valence-corrected chi connectivity index (χ0v) is 17.5. The molecule has 156 valence electrons. The van der Waals surface area contributed by atoms with Crippen molar-refractivity contribution >= 4 is 27.7 Å². The SMILES string of the molecule is Cn1c(=O)cc(C(=O)N2CCN(Cc3cccc4cccnc34)CC2)c2ccccc21. The van der Waals surface area contributed by atoms with Crippen molar-refractivity contribution in [3.05, 3.63) is 88.3 Å². The standard InChI is InChI=1S/C25H24N4O2/c1-27-22-10-3-2-9-20(22)21(16-23(27)30)25(31)29-14-12-28(13-15-29)17-19-7-4-6-18-8-5-11-26-24(18)19/h2-11,16H,12-15,17H2,1H3. The Kier molecular flexibility index (Phi) is 5.00. The molecule has 1 saturated heterocycles.